The monoisotopic (exact) mass is 200 g/mol. The Morgan fingerprint density at radius 3 is 2.64 bits per heavy atom. The molecular formula is C9H16N2O3. The van der Waals surface area contributed by atoms with Crippen molar-refractivity contribution >= 4 is 11.6 Å². The van der Waals surface area contributed by atoms with Crippen LogP contribution in [0, 0.1) is 5.41 Å². The van der Waals surface area contributed by atoms with Gasteiger partial charge in [-0.25, -0.2) is 0 Å². The van der Waals surface area contributed by atoms with Crippen molar-refractivity contribution in [3.63, 3.8) is 0 Å². The molecule has 5 nitrogen and oxygen atoms in total. The minimum atomic E-state index is -0.269. The van der Waals surface area contributed by atoms with Gasteiger partial charge < -0.3 is 14.7 Å². The molecule has 0 fully saturated rings. The van der Waals surface area contributed by atoms with Crippen LogP contribution < -0.4 is 0 Å². The third-order valence-electron chi connectivity index (χ3n) is 1.70. The zero-order valence-electron chi connectivity index (χ0n) is 8.78. The molecule has 0 atom stereocenters. The van der Waals surface area contributed by atoms with E-state index >= 15 is 0 Å². The van der Waals surface area contributed by atoms with Crippen molar-refractivity contribution in [1.29, 1.82) is 0 Å². The van der Waals surface area contributed by atoms with E-state index in [0.717, 1.165) is 0 Å². The lowest BCUT2D eigenvalue weighted by Gasteiger charge is -2.23. The number of hydrogen-bond acceptors (Lipinski definition) is 5. The van der Waals surface area contributed by atoms with E-state index in [1.165, 1.54) is 0 Å². The summed E-state index contributed by atoms with van der Waals surface area (Å²) in [7, 11) is 0. The van der Waals surface area contributed by atoms with Gasteiger partial charge in [0, 0.05) is 5.41 Å². The van der Waals surface area contributed by atoms with Crippen LogP contribution in [0.15, 0.2) is 10.1 Å². The van der Waals surface area contributed by atoms with Gasteiger partial charge in [0.1, 0.15) is 19.0 Å². The van der Waals surface area contributed by atoms with E-state index < -0.39 is 0 Å². The maximum atomic E-state index is 8.79. The molecule has 0 saturated heterocycles. The van der Waals surface area contributed by atoms with Gasteiger partial charge in [-0.3, -0.25) is 4.99 Å². The molecular weight excluding hydrogens is 184 g/mol. The Bertz CT molecular complexity index is 253. The van der Waals surface area contributed by atoms with Gasteiger partial charge in [0.2, 0.25) is 0 Å². The van der Waals surface area contributed by atoms with Crippen molar-refractivity contribution < 1.29 is 14.7 Å². The SMILES string of the molecule is CC(C)(C)C(=NCO)C1=NOCCO1. The lowest BCUT2D eigenvalue weighted by atomic mass is 9.89. The fourth-order valence-corrected chi connectivity index (χ4v) is 1.11. The zero-order valence-corrected chi connectivity index (χ0v) is 8.78. The Hall–Kier alpha value is -1.10. The van der Waals surface area contributed by atoms with E-state index in [9.17, 15) is 0 Å². The number of aliphatic hydroxyl groups is 1. The number of rotatable bonds is 2. The second kappa shape index (κ2) is 4.41. The second-order valence-electron chi connectivity index (χ2n) is 3.98. The van der Waals surface area contributed by atoms with Crippen molar-refractivity contribution in [2.24, 2.45) is 15.6 Å². The van der Waals surface area contributed by atoms with Crippen LogP contribution in [-0.2, 0) is 9.57 Å². The third kappa shape index (κ3) is 2.70. The molecule has 1 rings (SSSR count). The number of oxime groups is 1. The molecule has 0 radical (unpaired) electrons. The molecule has 0 aliphatic carbocycles. The summed E-state index contributed by atoms with van der Waals surface area (Å²) in [4.78, 5) is 8.86. The summed E-state index contributed by atoms with van der Waals surface area (Å²) < 4.78 is 5.30. The first kappa shape index (κ1) is 11.0. The average Bonchev–Trinajstić information content (AvgIpc) is 2.14. The van der Waals surface area contributed by atoms with Crippen LogP contribution in [0.5, 0.6) is 0 Å². The Balaban J connectivity index is 2.88. The van der Waals surface area contributed by atoms with Gasteiger partial charge in [0.15, 0.2) is 6.61 Å². The van der Waals surface area contributed by atoms with Crippen LogP contribution in [0.1, 0.15) is 20.8 Å². The smallest absolute Gasteiger partial charge is 0.272 e. The molecule has 0 bridgehead atoms. The summed E-state index contributed by atoms with van der Waals surface area (Å²) in [5, 5.41) is 12.6. The zero-order chi connectivity index (χ0) is 10.6. The second-order valence-corrected chi connectivity index (χ2v) is 3.98. The molecule has 1 heterocycles. The maximum absolute atomic E-state index is 8.79. The van der Waals surface area contributed by atoms with Gasteiger partial charge in [-0.2, -0.15) is 0 Å². The van der Waals surface area contributed by atoms with Crippen LogP contribution in [-0.4, -0.2) is 36.7 Å². The van der Waals surface area contributed by atoms with Gasteiger partial charge in [-0.15, -0.1) is 0 Å². The van der Waals surface area contributed by atoms with Crippen molar-refractivity contribution in [2.75, 3.05) is 19.9 Å². The van der Waals surface area contributed by atoms with Gasteiger partial charge in [0.25, 0.3) is 5.90 Å². The first-order valence-electron chi connectivity index (χ1n) is 4.54. The number of aliphatic imine (C=N–C) groups is 1. The first-order valence-corrected chi connectivity index (χ1v) is 4.54. The highest BCUT2D eigenvalue weighted by Gasteiger charge is 2.27. The van der Waals surface area contributed by atoms with Crippen molar-refractivity contribution in [1.82, 2.24) is 0 Å². The quantitative estimate of drug-likeness (QED) is 0.670. The lowest BCUT2D eigenvalue weighted by Crippen LogP contribution is -2.34. The molecule has 80 valence electrons. The van der Waals surface area contributed by atoms with E-state index in [-0.39, 0.29) is 12.1 Å². The number of hydrogen-bond donors (Lipinski definition) is 1. The molecule has 0 unspecified atom stereocenters. The van der Waals surface area contributed by atoms with Crippen molar-refractivity contribution in [2.45, 2.75) is 20.8 Å². The highest BCUT2D eigenvalue weighted by atomic mass is 16.7. The average molecular weight is 200 g/mol. The molecule has 14 heavy (non-hydrogen) atoms. The Kier molecular flexibility index (Phi) is 3.46. The van der Waals surface area contributed by atoms with Gasteiger partial charge in [-0.1, -0.05) is 20.8 Å². The summed E-state index contributed by atoms with van der Waals surface area (Å²) in [6.45, 7) is 6.58. The highest BCUT2D eigenvalue weighted by molar-refractivity contribution is 6.40. The number of aliphatic hydroxyl groups excluding tert-OH is 1. The third-order valence-corrected chi connectivity index (χ3v) is 1.70. The predicted octanol–water partition coefficient (Wildman–Crippen LogP) is 0.784. The molecule has 0 amide bonds. The van der Waals surface area contributed by atoms with E-state index in [4.69, 9.17) is 14.7 Å². The Morgan fingerprint density at radius 2 is 2.21 bits per heavy atom. The first-order chi connectivity index (χ1) is 6.55. The fourth-order valence-electron chi connectivity index (χ4n) is 1.11. The summed E-state index contributed by atoms with van der Waals surface area (Å²) >= 11 is 0. The van der Waals surface area contributed by atoms with Crippen LogP contribution in [0.4, 0.5) is 0 Å². The minimum absolute atomic E-state index is 0.220. The predicted molar refractivity (Wildman–Crippen MR) is 53.3 cm³/mol. The van der Waals surface area contributed by atoms with Crippen LogP contribution in [0.25, 0.3) is 0 Å². The topological polar surface area (TPSA) is 63.4 Å². The van der Waals surface area contributed by atoms with Crippen LogP contribution in [0.3, 0.4) is 0 Å². The molecule has 1 aliphatic rings. The van der Waals surface area contributed by atoms with Gasteiger partial charge >= 0.3 is 0 Å². The summed E-state index contributed by atoms with van der Waals surface area (Å²) in [6, 6.07) is 0. The fraction of sp³-hybridized carbons (Fsp3) is 0.778. The minimum Gasteiger partial charge on any atom is -0.471 e. The van der Waals surface area contributed by atoms with Crippen molar-refractivity contribution in [3.8, 4) is 0 Å². The van der Waals surface area contributed by atoms with Gasteiger partial charge in [-0.05, 0) is 5.16 Å². The number of ether oxygens (including phenoxy) is 1. The summed E-state index contributed by atoms with van der Waals surface area (Å²) in [5.41, 5.74) is 0.405. The normalized spacial score (nSPS) is 18.3. The van der Waals surface area contributed by atoms with Crippen LogP contribution >= 0.6 is 0 Å². The Morgan fingerprint density at radius 1 is 1.50 bits per heavy atom. The molecule has 0 aromatic carbocycles. The van der Waals surface area contributed by atoms with Crippen molar-refractivity contribution in [3.05, 3.63) is 0 Å². The van der Waals surface area contributed by atoms with Gasteiger partial charge in [0.05, 0.1) is 0 Å². The van der Waals surface area contributed by atoms with E-state index in [2.05, 4.69) is 10.1 Å². The number of nitrogens with zero attached hydrogens (tertiary/aromatic N) is 2. The highest BCUT2D eigenvalue weighted by Crippen LogP contribution is 2.18. The van der Waals surface area contributed by atoms with E-state index in [0.29, 0.717) is 24.8 Å². The molecule has 1 N–H and O–H groups in total. The summed E-state index contributed by atoms with van der Waals surface area (Å²) in [5.74, 6) is 0.373. The molecule has 0 aromatic rings. The maximum Gasteiger partial charge on any atom is 0.272 e. The Labute approximate surface area is 83.4 Å². The van der Waals surface area contributed by atoms with E-state index in [1.54, 1.807) is 0 Å². The summed E-state index contributed by atoms with van der Waals surface area (Å²) in [6.07, 6.45) is 0. The molecule has 0 spiro atoms. The van der Waals surface area contributed by atoms with Crippen LogP contribution in [0.2, 0.25) is 0 Å². The van der Waals surface area contributed by atoms with E-state index in [1.807, 2.05) is 20.8 Å². The molecule has 1 aliphatic heterocycles. The molecule has 0 aromatic heterocycles. The lowest BCUT2D eigenvalue weighted by molar-refractivity contribution is 0.0669. The molecule has 0 saturated carbocycles. The standard InChI is InChI=1S/C9H16N2O3/c1-9(2,3)7(10-6-12)8-11-14-5-4-13-8/h12H,4-6H2,1-3H3. The largest absolute Gasteiger partial charge is 0.471 e. The molecule has 5 heteroatoms.